The quantitative estimate of drug-likeness (QED) is 0.700. The Kier molecular flexibility index (Phi) is 5.54. The molecule has 2 aromatic carbocycles. The van der Waals surface area contributed by atoms with Gasteiger partial charge in [0, 0.05) is 35.8 Å². The topological polar surface area (TPSA) is 48.1 Å². The lowest BCUT2D eigenvalue weighted by Crippen LogP contribution is -2.39. The molecule has 4 heteroatoms. The molecular formula is C23H27N3O. The number of aromatic amines is 1. The van der Waals surface area contributed by atoms with Crippen LogP contribution in [0.3, 0.4) is 0 Å². The van der Waals surface area contributed by atoms with Crippen molar-refractivity contribution in [2.24, 2.45) is 5.92 Å². The molecule has 1 amide bonds. The van der Waals surface area contributed by atoms with Crippen LogP contribution >= 0.6 is 0 Å². The van der Waals surface area contributed by atoms with Gasteiger partial charge in [-0.25, -0.2) is 0 Å². The zero-order chi connectivity index (χ0) is 18.5. The average Bonchev–Trinajstić information content (AvgIpc) is 3.15. The van der Waals surface area contributed by atoms with Crippen molar-refractivity contribution in [1.82, 2.24) is 15.2 Å². The summed E-state index contributed by atoms with van der Waals surface area (Å²) in [6, 6.07) is 18.0. The minimum Gasteiger partial charge on any atom is -0.361 e. The Morgan fingerprint density at radius 2 is 1.78 bits per heavy atom. The molecule has 3 aromatic rings. The molecule has 4 rings (SSSR count). The number of benzene rings is 2. The maximum Gasteiger partial charge on any atom is 0.251 e. The van der Waals surface area contributed by atoms with E-state index in [0.29, 0.717) is 5.92 Å². The van der Waals surface area contributed by atoms with Gasteiger partial charge in [0.1, 0.15) is 0 Å². The Balaban J connectivity index is 1.21. The monoisotopic (exact) mass is 361 g/mol. The number of nitrogens with zero attached hydrogens (tertiary/aromatic N) is 1. The van der Waals surface area contributed by atoms with Crippen molar-refractivity contribution in [3.8, 4) is 0 Å². The Morgan fingerprint density at radius 3 is 2.59 bits per heavy atom. The SMILES string of the molecule is O=C(NCC1CCN(CCc2c[nH]c3ccccc23)CC1)c1ccccc1. The normalized spacial score (nSPS) is 15.9. The standard InChI is InChI=1S/C23H27N3O/c27-23(19-6-2-1-3-7-19)25-16-18-10-13-26(14-11-18)15-12-20-17-24-22-9-5-4-8-21(20)22/h1-9,17-18,24H,10-16H2,(H,25,27). The lowest BCUT2D eigenvalue weighted by molar-refractivity contribution is 0.0936. The highest BCUT2D eigenvalue weighted by Crippen LogP contribution is 2.20. The summed E-state index contributed by atoms with van der Waals surface area (Å²) in [6.07, 6.45) is 5.54. The Labute approximate surface area is 160 Å². The highest BCUT2D eigenvalue weighted by Gasteiger charge is 2.20. The summed E-state index contributed by atoms with van der Waals surface area (Å²) in [5.41, 5.74) is 3.37. The minimum absolute atomic E-state index is 0.0392. The van der Waals surface area contributed by atoms with E-state index in [1.807, 2.05) is 30.3 Å². The number of H-pyrrole nitrogens is 1. The highest BCUT2D eigenvalue weighted by atomic mass is 16.1. The molecule has 1 aromatic heterocycles. The van der Waals surface area contributed by atoms with Gasteiger partial charge in [0.05, 0.1) is 0 Å². The van der Waals surface area contributed by atoms with Crippen LogP contribution in [0.4, 0.5) is 0 Å². The molecule has 0 atom stereocenters. The molecular weight excluding hydrogens is 334 g/mol. The minimum atomic E-state index is 0.0392. The zero-order valence-corrected chi connectivity index (χ0v) is 15.7. The van der Waals surface area contributed by atoms with E-state index in [4.69, 9.17) is 0 Å². The fourth-order valence-corrected chi connectivity index (χ4v) is 3.96. The number of rotatable bonds is 6. The van der Waals surface area contributed by atoms with Gasteiger partial charge in [0.25, 0.3) is 5.91 Å². The Bertz CT molecular complexity index is 879. The van der Waals surface area contributed by atoms with Crippen LogP contribution in [0.5, 0.6) is 0 Å². The second-order valence-electron chi connectivity index (χ2n) is 7.47. The number of carbonyl (C=O) groups is 1. The Morgan fingerprint density at radius 1 is 1.04 bits per heavy atom. The first-order valence-corrected chi connectivity index (χ1v) is 9.90. The van der Waals surface area contributed by atoms with Gasteiger partial charge >= 0.3 is 0 Å². The molecule has 0 spiro atoms. The van der Waals surface area contributed by atoms with Gasteiger partial charge in [-0.1, -0.05) is 36.4 Å². The molecule has 1 fully saturated rings. The first-order chi connectivity index (χ1) is 13.3. The van der Waals surface area contributed by atoms with Crippen molar-refractivity contribution in [2.45, 2.75) is 19.3 Å². The summed E-state index contributed by atoms with van der Waals surface area (Å²) in [4.78, 5) is 18.1. The molecule has 1 aliphatic heterocycles. The van der Waals surface area contributed by atoms with Crippen LogP contribution in [-0.4, -0.2) is 42.0 Å². The lowest BCUT2D eigenvalue weighted by Gasteiger charge is -2.32. The van der Waals surface area contributed by atoms with Gasteiger partial charge in [-0.15, -0.1) is 0 Å². The number of carbonyl (C=O) groups excluding carboxylic acids is 1. The van der Waals surface area contributed by atoms with E-state index in [0.717, 1.165) is 51.0 Å². The summed E-state index contributed by atoms with van der Waals surface area (Å²) in [6.45, 7) is 4.12. The first kappa shape index (κ1) is 17.8. The largest absolute Gasteiger partial charge is 0.361 e. The van der Waals surface area contributed by atoms with Crippen LogP contribution in [0.25, 0.3) is 10.9 Å². The molecule has 0 bridgehead atoms. The number of hydrogen-bond acceptors (Lipinski definition) is 2. The number of piperidine rings is 1. The molecule has 4 nitrogen and oxygen atoms in total. The number of amides is 1. The van der Waals surface area contributed by atoms with Gasteiger partial charge in [-0.2, -0.15) is 0 Å². The van der Waals surface area contributed by atoms with Crippen LogP contribution in [0, 0.1) is 5.92 Å². The predicted molar refractivity (Wildman–Crippen MR) is 110 cm³/mol. The van der Waals surface area contributed by atoms with E-state index >= 15 is 0 Å². The smallest absolute Gasteiger partial charge is 0.251 e. The molecule has 0 saturated carbocycles. The van der Waals surface area contributed by atoms with Crippen LogP contribution in [0.2, 0.25) is 0 Å². The molecule has 1 saturated heterocycles. The van der Waals surface area contributed by atoms with E-state index in [1.165, 1.54) is 16.5 Å². The van der Waals surface area contributed by atoms with Crippen molar-refractivity contribution >= 4 is 16.8 Å². The molecule has 0 radical (unpaired) electrons. The maximum atomic E-state index is 12.2. The van der Waals surface area contributed by atoms with E-state index in [-0.39, 0.29) is 5.91 Å². The first-order valence-electron chi connectivity index (χ1n) is 9.90. The number of para-hydroxylation sites is 1. The lowest BCUT2D eigenvalue weighted by atomic mass is 9.96. The number of likely N-dealkylation sites (tertiary alicyclic amines) is 1. The van der Waals surface area contributed by atoms with Crippen LogP contribution in [-0.2, 0) is 6.42 Å². The summed E-state index contributed by atoms with van der Waals surface area (Å²) in [5, 5.41) is 4.44. The summed E-state index contributed by atoms with van der Waals surface area (Å²) >= 11 is 0. The van der Waals surface area contributed by atoms with Gasteiger partial charge < -0.3 is 15.2 Å². The number of nitrogens with one attached hydrogen (secondary N) is 2. The van der Waals surface area contributed by atoms with Gasteiger partial charge in [-0.3, -0.25) is 4.79 Å². The average molecular weight is 361 g/mol. The van der Waals surface area contributed by atoms with Gasteiger partial charge in [0.2, 0.25) is 0 Å². The third kappa shape index (κ3) is 4.40. The highest BCUT2D eigenvalue weighted by molar-refractivity contribution is 5.94. The summed E-state index contributed by atoms with van der Waals surface area (Å²) in [5.74, 6) is 0.624. The second-order valence-corrected chi connectivity index (χ2v) is 7.47. The molecule has 2 heterocycles. The van der Waals surface area contributed by atoms with Crippen molar-refractivity contribution in [2.75, 3.05) is 26.2 Å². The molecule has 0 aliphatic carbocycles. The second kappa shape index (κ2) is 8.40. The van der Waals surface area contributed by atoms with Crippen LogP contribution < -0.4 is 5.32 Å². The van der Waals surface area contributed by atoms with Crippen molar-refractivity contribution in [1.29, 1.82) is 0 Å². The van der Waals surface area contributed by atoms with Crippen molar-refractivity contribution in [3.05, 3.63) is 71.9 Å². The number of aromatic nitrogens is 1. The fourth-order valence-electron chi connectivity index (χ4n) is 3.96. The number of hydrogen-bond donors (Lipinski definition) is 2. The van der Waals surface area contributed by atoms with E-state index in [2.05, 4.69) is 45.7 Å². The third-order valence-corrected chi connectivity index (χ3v) is 5.67. The summed E-state index contributed by atoms with van der Waals surface area (Å²) < 4.78 is 0. The maximum absolute atomic E-state index is 12.2. The predicted octanol–water partition coefficient (Wildman–Crippen LogP) is 3.85. The molecule has 1 aliphatic rings. The van der Waals surface area contributed by atoms with E-state index < -0.39 is 0 Å². The fraction of sp³-hybridized carbons (Fsp3) is 0.348. The van der Waals surface area contributed by atoms with Crippen molar-refractivity contribution < 1.29 is 4.79 Å². The molecule has 2 N–H and O–H groups in total. The third-order valence-electron chi connectivity index (χ3n) is 5.67. The van der Waals surface area contributed by atoms with Crippen molar-refractivity contribution in [3.63, 3.8) is 0 Å². The molecule has 140 valence electrons. The Hall–Kier alpha value is -2.59. The van der Waals surface area contributed by atoms with Gasteiger partial charge in [-0.05, 0) is 62.0 Å². The van der Waals surface area contributed by atoms with Gasteiger partial charge in [0.15, 0.2) is 0 Å². The van der Waals surface area contributed by atoms with E-state index in [9.17, 15) is 4.79 Å². The summed E-state index contributed by atoms with van der Waals surface area (Å²) in [7, 11) is 0. The molecule has 0 unspecified atom stereocenters. The zero-order valence-electron chi connectivity index (χ0n) is 15.7. The van der Waals surface area contributed by atoms with E-state index in [1.54, 1.807) is 0 Å². The molecule has 27 heavy (non-hydrogen) atoms. The van der Waals surface area contributed by atoms with Crippen LogP contribution in [0.1, 0.15) is 28.8 Å². The van der Waals surface area contributed by atoms with Crippen LogP contribution in [0.15, 0.2) is 60.8 Å². The number of fused-ring (bicyclic) bond motifs is 1.